The van der Waals surface area contributed by atoms with Crippen molar-refractivity contribution in [2.75, 3.05) is 32.8 Å². The molecule has 0 atom stereocenters. The number of amides is 2. The summed E-state index contributed by atoms with van der Waals surface area (Å²) in [7, 11) is 0. The second-order valence-electron chi connectivity index (χ2n) is 5.95. The number of urea groups is 1. The fourth-order valence-corrected chi connectivity index (χ4v) is 2.94. The van der Waals surface area contributed by atoms with Crippen molar-refractivity contribution >= 4 is 23.0 Å². The number of nitrogens with zero attached hydrogens (tertiary/aromatic N) is 4. The van der Waals surface area contributed by atoms with Crippen LogP contribution in [0.3, 0.4) is 0 Å². The zero-order valence-corrected chi connectivity index (χ0v) is 14.4. The summed E-state index contributed by atoms with van der Waals surface area (Å²) < 4.78 is 4.93. The number of aromatic nitrogens is 2. The lowest BCUT2D eigenvalue weighted by atomic mass is 10.2. The molecule has 132 valence electrons. The molecule has 0 saturated carbocycles. The summed E-state index contributed by atoms with van der Waals surface area (Å²) in [5, 5.41) is 1.00. The van der Waals surface area contributed by atoms with Crippen LogP contribution in [0.5, 0.6) is 0 Å². The first kappa shape index (κ1) is 17.1. The molecule has 0 aromatic carbocycles. The van der Waals surface area contributed by atoms with E-state index in [9.17, 15) is 9.59 Å². The SMILES string of the molecule is CCOC(=O)CN1CCCN(CCc2ccc3cccnc3n2)C1=O. The maximum absolute atomic E-state index is 12.5. The molecule has 0 bridgehead atoms. The monoisotopic (exact) mass is 342 g/mol. The molecule has 1 fully saturated rings. The summed E-state index contributed by atoms with van der Waals surface area (Å²) in [4.78, 5) is 36.3. The van der Waals surface area contributed by atoms with Crippen molar-refractivity contribution in [2.24, 2.45) is 0 Å². The predicted octanol–water partition coefficient (Wildman–Crippen LogP) is 1.86. The Labute approximate surface area is 146 Å². The summed E-state index contributed by atoms with van der Waals surface area (Å²) in [6.45, 7) is 3.96. The average Bonchev–Trinajstić information content (AvgIpc) is 2.62. The van der Waals surface area contributed by atoms with E-state index in [0.29, 0.717) is 38.3 Å². The molecule has 0 unspecified atom stereocenters. The molecule has 1 saturated heterocycles. The first-order valence-electron chi connectivity index (χ1n) is 8.57. The van der Waals surface area contributed by atoms with Crippen LogP contribution in [0, 0.1) is 0 Å². The molecule has 0 spiro atoms. The Morgan fingerprint density at radius 1 is 1.24 bits per heavy atom. The van der Waals surface area contributed by atoms with Crippen molar-refractivity contribution in [3.05, 3.63) is 36.2 Å². The normalized spacial score (nSPS) is 14.8. The Bertz CT molecular complexity index is 765. The molecule has 0 N–H and O–H groups in total. The van der Waals surface area contributed by atoms with Crippen LogP contribution in [-0.4, -0.2) is 64.6 Å². The Morgan fingerprint density at radius 2 is 2.08 bits per heavy atom. The predicted molar refractivity (Wildman–Crippen MR) is 93.0 cm³/mol. The summed E-state index contributed by atoms with van der Waals surface area (Å²) >= 11 is 0. The molecule has 3 rings (SSSR count). The molecular formula is C18H22N4O3. The van der Waals surface area contributed by atoms with Crippen molar-refractivity contribution in [1.29, 1.82) is 0 Å². The van der Waals surface area contributed by atoms with E-state index in [4.69, 9.17) is 4.74 Å². The Balaban J connectivity index is 1.59. The average molecular weight is 342 g/mol. The highest BCUT2D eigenvalue weighted by Crippen LogP contribution is 2.13. The number of carbonyl (C=O) groups excluding carboxylic acids is 2. The van der Waals surface area contributed by atoms with Gasteiger partial charge in [0.1, 0.15) is 6.54 Å². The molecule has 0 aliphatic carbocycles. The number of ether oxygens (including phenoxy) is 1. The topological polar surface area (TPSA) is 75.6 Å². The lowest BCUT2D eigenvalue weighted by Gasteiger charge is -2.35. The Kier molecular flexibility index (Phi) is 5.42. The van der Waals surface area contributed by atoms with E-state index in [1.54, 1.807) is 22.9 Å². The first-order valence-corrected chi connectivity index (χ1v) is 8.57. The lowest BCUT2D eigenvalue weighted by molar-refractivity contribution is -0.144. The third-order valence-corrected chi connectivity index (χ3v) is 4.18. The maximum atomic E-state index is 12.5. The van der Waals surface area contributed by atoms with E-state index >= 15 is 0 Å². The van der Waals surface area contributed by atoms with Gasteiger partial charge in [0.2, 0.25) is 0 Å². The second-order valence-corrected chi connectivity index (χ2v) is 5.95. The van der Waals surface area contributed by atoms with Crippen LogP contribution in [0.2, 0.25) is 0 Å². The smallest absolute Gasteiger partial charge is 0.325 e. The van der Waals surface area contributed by atoms with Gasteiger partial charge in [0.25, 0.3) is 0 Å². The van der Waals surface area contributed by atoms with Gasteiger partial charge in [0.05, 0.1) is 6.61 Å². The van der Waals surface area contributed by atoms with Crippen molar-refractivity contribution in [3.63, 3.8) is 0 Å². The fraction of sp³-hybridized carbons (Fsp3) is 0.444. The van der Waals surface area contributed by atoms with Gasteiger partial charge in [-0.3, -0.25) is 4.79 Å². The van der Waals surface area contributed by atoms with Crippen LogP contribution < -0.4 is 0 Å². The minimum absolute atomic E-state index is 0.0152. The number of fused-ring (bicyclic) bond motifs is 1. The highest BCUT2D eigenvalue weighted by molar-refractivity contribution is 5.81. The number of hydrogen-bond donors (Lipinski definition) is 0. The van der Waals surface area contributed by atoms with Gasteiger partial charge in [-0.15, -0.1) is 0 Å². The molecule has 7 nitrogen and oxygen atoms in total. The van der Waals surface area contributed by atoms with Gasteiger partial charge in [-0.25, -0.2) is 14.8 Å². The molecule has 3 heterocycles. The van der Waals surface area contributed by atoms with Crippen molar-refractivity contribution < 1.29 is 14.3 Å². The van der Waals surface area contributed by atoms with Gasteiger partial charge >= 0.3 is 12.0 Å². The highest BCUT2D eigenvalue weighted by atomic mass is 16.5. The van der Waals surface area contributed by atoms with Gasteiger partial charge < -0.3 is 14.5 Å². The highest BCUT2D eigenvalue weighted by Gasteiger charge is 2.27. The standard InChI is InChI=1S/C18H22N4O3/c1-2-25-16(23)13-22-11-4-10-21(18(22)24)12-8-15-7-6-14-5-3-9-19-17(14)20-15/h3,5-7,9H,2,4,8,10-13H2,1H3. The molecule has 2 aromatic heterocycles. The number of carbonyl (C=O) groups is 2. The summed E-state index contributed by atoms with van der Waals surface area (Å²) in [5.74, 6) is -0.361. The van der Waals surface area contributed by atoms with Crippen molar-refractivity contribution in [3.8, 4) is 0 Å². The lowest BCUT2D eigenvalue weighted by Crippen LogP contribution is -2.51. The second kappa shape index (κ2) is 7.92. The first-order chi connectivity index (χ1) is 12.2. The quantitative estimate of drug-likeness (QED) is 0.749. The van der Waals surface area contributed by atoms with E-state index in [-0.39, 0.29) is 18.5 Å². The maximum Gasteiger partial charge on any atom is 0.325 e. The molecule has 1 aliphatic heterocycles. The van der Waals surface area contributed by atoms with Crippen LogP contribution in [-0.2, 0) is 16.0 Å². The number of pyridine rings is 2. The Morgan fingerprint density at radius 3 is 2.92 bits per heavy atom. The minimum atomic E-state index is -0.361. The van der Waals surface area contributed by atoms with Gasteiger partial charge in [0, 0.05) is 43.3 Å². The Hall–Kier alpha value is -2.70. The van der Waals surface area contributed by atoms with E-state index < -0.39 is 0 Å². The molecule has 25 heavy (non-hydrogen) atoms. The van der Waals surface area contributed by atoms with Crippen molar-refractivity contribution in [2.45, 2.75) is 19.8 Å². The zero-order valence-electron chi connectivity index (χ0n) is 14.4. The molecule has 0 radical (unpaired) electrons. The molecule has 2 amide bonds. The molecule has 1 aliphatic rings. The molecular weight excluding hydrogens is 320 g/mol. The third kappa shape index (κ3) is 4.23. The number of rotatable bonds is 6. The van der Waals surface area contributed by atoms with E-state index in [0.717, 1.165) is 17.5 Å². The summed E-state index contributed by atoms with van der Waals surface area (Å²) in [5.41, 5.74) is 1.62. The minimum Gasteiger partial charge on any atom is -0.465 e. The van der Waals surface area contributed by atoms with Gasteiger partial charge in [0.15, 0.2) is 5.65 Å². The van der Waals surface area contributed by atoms with Crippen molar-refractivity contribution in [1.82, 2.24) is 19.8 Å². The largest absolute Gasteiger partial charge is 0.465 e. The zero-order chi connectivity index (χ0) is 17.6. The fourth-order valence-electron chi connectivity index (χ4n) is 2.94. The number of hydrogen-bond acceptors (Lipinski definition) is 5. The summed E-state index contributed by atoms with van der Waals surface area (Å²) in [6.07, 6.45) is 3.23. The van der Waals surface area contributed by atoms with E-state index in [1.165, 1.54) is 0 Å². The van der Waals surface area contributed by atoms with E-state index in [1.807, 2.05) is 24.3 Å². The van der Waals surface area contributed by atoms with Crippen LogP contribution in [0.1, 0.15) is 19.0 Å². The number of esters is 1. The molecule has 2 aromatic rings. The van der Waals surface area contributed by atoms with Crippen LogP contribution in [0.4, 0.5) is 4.79 Å². The van der Waals surface area contributed by atoms with Gasteiger partial charge in [-0.05, 0) is 37.6 Å². The summed E-state index contributed by atoms with van der Waals surface area (Å²) in [6, 6.07) is 7.71. The van der Waals surface area contributed by atoms with Crippen LogP contribution in [0.25, 0.3) is 11.0 Å². The van der Waals surface area contributed by atoms with E-state index in [2.05, 4.69) is 9.97 Å². The van der Waals surface area contributed by atoms with Gasteiger partial charge in [-0.2, -0.15) is 0 Å². The third-order valence-electron chi connectivity index (χ3n) is 4.18. The van der Waals surface area contributed by atoms with Crippen LogP contribution >= 0.6 is 0 Å². The van der Waals surface area contributed by atoms with Crippen LogP contribution in [0.15, 0.2) is 30.5 Å². The van der Waals surface area contributed by atoms with Gasteiger partial charge in [-0.1, -0.05) is 0 Å². The molecule has 7 heteroatoms.